The van der Waals surface area contributed by atoms with Gasteiger partial charge in [-0.1, -0.05) is 64.5 Å². The summed E-state index contributed by atoms with van der Waals surface area (Å²) in [6.45, 7) is 0. The molecule has 0 saturated heterocycles. The van der Waals surface area contributed by atoms with Gasteiger partial charge in [0.25, 0.3) is 0 Å². The van der Waals surface area contributed by atoms with Crippen molar-refractivity contribution in [1.82, 2.24) is 0 Å². The average molecular weight is 369 g/mol. The highest BCUT2D eigenvalue weighted by Gasteiger charge is 2.15. The highest BCUT2D eigenvalue weighted by Crippen LogP contribution is 2.42. The summed E-state index contributed by atoms with van der Waals surface area (Å²) in [5, 5.41) is 0. The van der Waals surface area contributed by atoms with E-state index in [1.165, 1.54) is 0 Å². The molecule has 0 fully saturated rings. The van der Waals surface area contributed by atoms with Gasteiger partial charge in [-0.15, -0.1) is 0 Å². The van der Waals surface area contributed by atoms with Crippen molar-refractivity contribution in [3.8, 4) is 33.8 Å². The highest BCUT2D eigenvalue weighted by molar-refractivity contribution is 9.10. The molecule has 0 saturated carbocycles. The molecule has 0 radical (unpaired) electrons. The van der Waals surface area contributed by atoms with Gasteiger partial charge in [0, 0.05) is 21.2 Å². The van der Waals surface area contributed by atoms with Crippen molar-refractivity contribution in [3.05, 3.63) is 71.2 Å². The van der Waals surface area contributed by atoms with Crippen LogP contribution in [-0.4, -0.2) is 14.2 Å². The van der Waals surface area contributed by atoms with Gasteiger partial charge in [-0.2, -0.15) is 0 Å². The Morgan fingerprint density at radius 3 is 2.13 bits per heavy atom. The predicted molar refractivity (Wildman–Crippen MR) is 98.1 cm³/mol. The molecule has 0 aliphatic rings. The molecule has 0 unspecified atom stereocenters. The molecule has 0 heterocycles. The number of benzene rings is 3. The lowest BCUT2D eigenvalue weighted by molar-refractivity contribution is 0.414. The minimum atomic E-state index is 0.815. The molecular weight excluding hydrogens is 352 g/mol. The predicted octanol–water partition coefficient (Wildman–Crippen LogP) is 5.80. The van der Waals surface area contributed by atoms with Crippen molar-refractivity contribution < 1.29 is 9.47 Å². The van der Waals surface area contributed by atoms with Gasteiger partial charge in [-0.3, -0.25) is 0 Å². The first kappa shape index (κ1) is 15.6. The molecule has 3 aromatic rings. The third-order valence-corrected chi connectivity index (χ3v) is 4.46. The van der Waals surface area contributed by atoms with Crippen LogP contribution < -0.4 is 9.47 Å². The van der Waals surface area contributed by atoms with E-state index in [0.29, 0.717) is 0 Å². The maximum absolute atomic E-state index is 5.75. The molecule has 0 aliphatic heterocycles. The van der Waals surface area contributed by atoms with Gasteiger partial charge in [0.15, 0.2) is 0 Å². The minimum absolute atomic E-state index is 0.815. The standard InChI is InChI=1S/C20H17BrO2/c1-22-15-11-12-19(21)18(13-15)17-10-6-9-16(20(17)23-2)14-7-4-3-5-8-14/h3-13H,1-2H3. The number of halogens is 1. The summed E-state index contributed by atoms with van der Waals surface area (Å²) >= 11 is 3.63. The number of ether oxygens (including phenoxy) is 2. The smallest absolute Gasteiger partial charge is 0.134 e. The number of hydrogen-bond acceptors (Lipinski definition) is 2. The summed E-state index contributed by atoms with van der Waals surface area (Å²) in [5.74, 6) is 1.67. The molecule has 0 spiro atoms. The summed E-state index contributed by atoms with van der Waals surface area (Å²) < 4.78 is 12.1. The summed E-state index contributed by atoms with van der Waals surface area (Å²) in [5.41, 5.74) is 4.27. The van der Waals surface area contributed by atoms with E-state index in [2.05, 4.69) is 40.2 Å². The van der Waals surface area contributed by atoms with Crippen LogP contribution in [0.2, 0.25) is 0 Å². The van der Waals surface area contributed by atoms with Crippen molar-refractivity contribution in [2.24, 2.45) is 0 Å². The SMILES string of the molecule is COc1ccc(Br)c(-c2cccc(-c3ccccc3)c2OC)c1. The second-order valence-electron chi connectivity index (χ2n) is 5.10. The first-order valence-electron chi connectivity index (χ1n) is 7.31. The van der Waals surface area contributed by atoms with Crippen LogP contribution in [0.25, 0.3) is 22.3 Å². The monoisotopic (exact) mass is 368 g/mol. The van der Waals surface area contributed by atoms with Gasteiger partial charge >= 0.3 is 0 Å². The second-order valence-corrected chi connectivity index (χ2v) is 5.95. The Kier molecular flexibility index (Phi) is 4.68. The lowest BCUT2D eigenvalue weighted by Gasteiger charge is -2.15. The molecule has 0 N–H and O–H groups in total. The van der Waals surface area contributed by atoms with Crippen LogP contribution in [0.3, 0.4) is 0 Å². The number of hydrogen-bond donors (Lipinski definition) is 0. The van der Waals surface area contributed by atoms with E-state index >= 15 is 0 Å². The first-order valence-corrected chi connectivity index (χ1v) is 8.10. The van der Waals surface area contributed by atoms with Crippen LogP contribution >= 0.6 is 15.9 Å². The first-order chi connectivity index (χ1) is 11.2. The van der Waals surface area contributed by atoms with Crippen LogP contribution in [-0.2, 0) is 0 Å². The van der Waals surface area contributed by atoms with Gasteiger partial charge in [0.05, 0.1) is 14.2 Å². The second kappa shape index (κ2) is 6.88. The van der Waals surface area contributed by atoms with Gasteiger partial charge in [-0.25, -0.2) is 0 Å². The number of para-hydroxylation sites is 1. The fraction of sp³-hybridized carbons (Fsp3) is 0.100. The van der Waals surface area contributed by atoms with Gasteiger partial charge in [0.2, 0.25) is 0 Å². The Hall–Kier alpha value is -2.26. The highest BCUT2D eigenvalue weighted by atomic mass is 79.9. The van der Waals surface area contributed by atoms with Gasteiger partial charge in [0.1, 0.15) is 11.5 Å². The maximum atomic E-state index is 5.75. The molecule has 3 heteroatoms. The molecule has 0 aromatic heterocycles. The molecule has 3 aromatic carbocycles. The van der Waals surface area contributed by atoms with E-state index in [-0.39, 0.29) is 0 Å². The van der Waals surface area contributed by atoms with E-state index in [1.54, 1.807) is 14.2 Å². The van der Waals surface area contributed by atoms with Crippen molar-refractivity contribution in [3.63, 3.8) is 0 Å². The van der Waals surface area contributed by atoms with Crippen LogP contribution in [0.15, 0.2) is 71.2 Å². The minimum Gasteiger partial charge on any atom is -0.497 e. The molecule has 3 rings (SSSR count). The Labute approximate surface area is 144 Å². The zero-order valence-electron chi connectivity index (χ0n) is 13.0. The molecule has 0 atom stereocenters. The van der Waals surface area contributed by atoms with E-state index in [0.717, 1.165) is 38.2 Å². The van der Waals surface area contributed by atoms with E-state index in [1.807, 2.05) is 42.5 Å². The third kappa shape index (κ3) is 3.10. The Bertz CT molecular complexity index is 813. The molecule has 2 nitrogen and oxygen atoms in total. The fourth-order valence-electron chi connectivity index (χ4n) is 2.65. The van der Waals surface area contributed by atoms with E-state index in [4.69, 9.17) is 9.47 Å². The zero-order valence-corrected chi connectivity index (χ0v) is 14.6. The fourth-order valence-corrected chi connectivity index (χ4v) is 3.11. The van der Waals surface area contributed by atoms with Crippen molar-refractivity contribution in [2.75, 3.05) is 14.2 Å². The van der Waals surface area contributed by atoms with Gasteiger partial charge < -0.3 is 9.47 Å². The topological polar surface area (TPSA) is 18.5 Å². The van der Waals surface area contributed by atoms with Crippen molar-refractivity contribution >= 4 is 15.9 Å². The normalized spacial score (nSPS) is 10.4. The quantitative estimate of drug-likeness (QED) is 0.579. The van der Waals surface area contributed by atoms with Crippen LogP contribution in [0.1, 0.15) is 0 Å². The van der Waals surface area contributed by atoms with Crippen LogP contribution in [0.5, 0.6) is 11.5 Å². The lowest BCUT2D eigenvalue weighted by atomic mass is 9.97. The molecule has 23 heavy (non-hydrogen) atoms. The van der Waals surface area contributed by atoms with E-state index in [9.17, 15) is 0 Å². The van der Waals surface area contributed by atoms with E-state index < -0.39 is 0 Å². The number of methoxy groups -OCH3 is 2. The average Bonchev–Trinajstić information content (AvgIpc) is 2.62. The van der Waals surface area contributed by atoms with Crippen molar-refractivity contribution in [2.45, 2.75) is 0 Å². The van der Waals surface area contributed by atoms with Crippen LogP contribution in [0, 0.1) is 0 Å². The number of rotatable bonds is 4. The summed E-state index contributed by atoms with van der Waals surface area (Å²) in [6.07, 6.45) is 0. The zero-order chi connectivity index (χ0) is 16.2. The Balaban J connectivity index is 2.22. The van der Waals surface area contributed by atoms with Gasteiger partial charge in [-0.05, 0) is 23.8 Å². The summed E-state index contributed by atoms with van der Waals surface area (Å²) in [4.78, 5) is 0. The maximum Gasteiger partial charge on any atom is 0.134 e. The molecule has 0 aliphatic carbocycles. The van der Waals surface area contributed by atoms with Crippen LogP contribution in [0.4, 0.5) is 0 Å². The lowest BCUT2D eigenvalue weighted by Crippen LogP contribution is -1.93. The Morgan fingerprint density at radius 1 is 0.696 bits per heavy atom. The third-order valence-electron chi connectivity index (χ3n) is 3.77. The Morgan fingerprint density at radius 2 is 1.43 bits per heavy atom. The molecule has 0 bridgehead atoms. The van der Waals surface area contributed by atoms with Crippen molar-refractivity contribution in [1.29, 1.82) is 0 Å². The molecule has 116 valence electrons. The summed E-state index contributed by atoms with van der Waals surface area (Å²) in [6, 6.07) is 22.4. The largest absolute Gasteiger partial charge is 0.497 e. The molecule has 0 amide bonds. The summed E-state index contributed by atoms with van der Waals surface area (Å²) in [7, 11) is 3.38. The molecular formula is C20H17BrO2.